The molecule has 0 spiro atoms. The van der Waals surface area contributed by atoms with Gasteiger partial charge in [0, 0.05) is 31.5 Å². The maximum atomic E-state index is 8.98. The van der Waals surface area contributed by atoms with Crippen LogP contribution in [0.25, 0.3) is 0 Å². The van der Waals surface area contributed by atoms with Crippen LogP contribution >= 0.6 is 0 Å². The van der Waals surface area contributed by atoms with Crippen molar-refractivity contribution >= 4 is 0 Å². The summed E-state index contributed by atoms with van der Waals surface area (Å²) in [5.74, 6) is 0.621. The molecule has 100 valence electrons. The van der Waals surface area contributed by atoms with Gasteiger partial charge in [-0.1, -0.05) is 6.07 Å². The van der Waals surface area contributed by atoms with E-state index in [1.165, 1.54) is 12.0 Å². The van der Waals surface area contributed by atoms with Crippen molar-refractivity contribution in [1.29, 1.82) is 0 Å². The van der Waals surface area contributed by atoms with Crippen LogP contribution in [0.5, 0.6) is 0 Å². The second-order valence-electron chi connectivity index (χ2n) is 5.25. The standard InChI is InChI=1S/C14H23N3O/c1-16(8-9-18)11-13-5-7-17(2)14(13)12-4-3-6-15-10-12/h3-4,6,10,13-14,18H,5,7-9,11H2,1-2H3/t13-,14-/m0/s1. The van der Waals surface area contributed by atoms with E-state index in [4.69, 9.17) is 5.11 Å². The van der Waals surface area contributed by atoms with E-state index in [0.717, 1.165) is 19.6 Å². The topological polar surface area (TPSA) is 39.6 Å². The summed E-state index contributed by atoms with van der Waals surface area (Å²) in [7, 11) is 4.26. The van der Waals surface area contributed by atoms with Gasteiger partial charge < -0.3 is 10.0 Å². The molecular weight excluding hydrogens is 226 g/mol. The average Bonchev–Trinajstić information content (AvgIpc) is 2.72. The average molecular weight is 249 g/mol. The summed E-state index contributed by atoms with van der Waals surface area (Å²) in [6.45, 7) is 3.15. The fraction of sp³-hybridized carbons (Fsp3) is 0.643. The second-order valence-corrected chi connectivity index (χ2v) is 5.25. The third-order valence-electron chi connectivity index (χ3n) is 3.83. The predicted octanol–water partition coefficient (Wildman–Crippen LogP) is 0.998. The fourth-order valence-corrected chi connectivity index (χ4v) is 2.96. The van der Waals surface area contributed by atoms with E-state index in [-0.39, 0.29) is 6.61 Å². The van der Waals surface area contributed by atoms with Gasteiger partial charge in [0.2, 0.25) is 0 Å². The van der Waals surface area contributed by atoms with Crippen LogP contribution in [0.3, 0.4) is 0 Å². The van der Waals surface area contributed by atoms with Crippen LogP contribution in [-0.4, -0.2) is 60.2 Å². The first-order valence-electron chi connectivity index (χ1n) is 6.62. The number of aliphatic hydroxyl groups is 1. The highest BCUT2D eigenvalue weighted by atomic mass is 16.3. The number of pyridine rings is 1. The first kappa shape index (κ1) is 13.5. The molecule has 0 aliphatic carbocycles. The van der Waals surface area contributed by atoms with E-state index in [1.807, 2.05) is 18.5 Å². The molecule has 1 aliphatic rings. The van der Waals surface area contributed by atoms with Crippen LogP contribution in [0.1, 0.15) is 18.0 Å². The highest BCUT2D eigenvalue weighted by Crippen LogP contribution is 2.35. The van der Waals surface area contributed by atoms with Crippen LogP contribution in [-0.2, 0) is 0 Å². The number of hydrogen-bond acceptors (Lipinski definition) is 4. The highest BCUT2D eigenvalue weighted by molar-refractivity contribution is 5.16. The lowest BCUT2D eigenvalue weighted by molar-refractivity contribution is 0.182. The summed E-state index contributed by atoms with van der Waals surface area (Å²) in [5, 5.41) is 8.98. The second kappa shape index (κ2) is 6.27. The zero-order chi connectivity index (χ0) is 13.0. The maximum absolute atomic E-state index is 8.98. The molecule has 2 heterocycles. The number of rotatable bonds is 5. The summed E-state index contributed by atoms with van der Waals surface area (Å²) in [6.07, 6.45) is 5.02. The van der Waals surface area contributed by atoms with Gasteiger partial charge >= 0.3 is 0 Å². The molecule has 4 heteroatoms. The Hall–Kier alpha value is -0.970. The Morgan fingerprint density at radius 2 is 2.39 bits per heavy atom. The van der Waals surface area contributed by atoms with Gasteiger partial charge in [-0.2, -0.15) is 0 Å². The first-order chi connectivity index (χ1) is 8.72. The third kappa shape index (κ3) is 3.07. The summed E-state index contributed by atoms with van der Waals surface area (Å²) in [6, 6.07) is 4.63. The van der Waals surface area contributed by atoms with Gasteiger partial charge in [-0.3, -0.25) is 9.88 Å². The zero-order valence-corrected chi connectivity index (χ0v) is 11.3. The van der Waals surface area contributed by atoms with Gasteiger partial charge in [0.1, 0.15) is 0 Å². The smallest absolute Gasteiger partial charge is 0.0558 e. The number of aliphatic hydroxyl groups excluding tert-OH is 1. The van der Waals surface area contributed by atoms with E-state index < -0.39 is 0 Å². The Labute approximate surface area is 109 Å². The van der Waals surface area contributed by atoms with Gasteiger partial charge in [-0.15, -0.1) is 0 Å². The molecular formula is C14H23N3O. The summed E-state index contributed by atoms with van der Waals surface area (Å²) < 4.78 is 0. The summed E-state index contributed by atoms with van der Waals surface area (Å²) in [5.41, 5.74) is 1.31. The molecule has 1 N–H and O–H groups in total. The van der Waals surface area contributed by atoms with Crippen molar-refractivity contribution in [1.82, 2.24) is 14.8 Å². The number of likely N-dealkylation sites (N-methyl/N-ethyl adjacent to an activating group) is 1. The molecule has 0 amide bonds. The van der Waals surface area contributed by atoms with Crippen LogP contribution in [0.4, 0.5) is 0 Å². The minimum absolute atomic E-state index is 0.233. The molecule has 1 fully saturated rings. The Balaban J connectivity index is 2.06. The molecule has 1 aromatic rings. The van der Waals surface area contributed by atoms with Gasteiger partial charge in [-0.25, -0.2) is 0 Å². The quantitative estimate of drug-likeness (QED) is 0.845. The Morgan fingerprint density at radius 1 is 1.56 bits per heavy atom. The minimum Gasteiger partial charge on any atom is -0.395 e. The Bertz CT molecular complexity index is 357. The molecule has 4 nitrogen and oxygen atoms in total. The van der Waals surface area contributed by atoms with Gasteiger partial charge in [-0.05, 0) is 44.6 Å². The molecule has 1 aromatic heterocycles. The van der Waals surface area contributed by atoms with E-state index in [1.54, 1.807) is 0 Å². The molecule has 1 saturated heterocycles. The SMILES string of the molecule is CN(CCO)C[C@@H]1CCN(C)[C@H]1c1cccnc1. The summed E-state index contributed by atoms with van der Waals surface area (Å²) >= 11 is 0. The fourth-order valence-electron chi connectivity index (χ4n) is 2.96. The van der Waals surface area contributed by atoms with E-state index in [0.29, 0.717) is 12.0 Å². The largest absolute Gasteiger partial charge is 0.395 e. The molecule has 2 rings (SSSR count). The van der Waals surface area contributed by atoms with Crippen molar-refractivity contribution < 1.29 is 5.11 Å². The van der Waals surface area contributed by atoms with Crippen LogP contribution < -0.4 is 0 Å². The summed E-state index contributed by atoms with van der Waals surface area (Å²) in [4.78, 5) is 8.86. The number of nitrogens with zero attached hydrogens (tertiary/aromatic N) is 3. The minimum atomic E-state index is 0.233. The van der Waals surface area contributed by atoms with Crippen molar-refractivity contribution in [3.05, 3.63) is 30.1 Å². The van der Waals surface area contributed by atoms with E-state index in [9.17, 15) is 0 Å². The van der Waals surface area contributed by atoms with E-state index in [2.05, 4.69) is 34.9 Å². The first-order valence-corrected chi connectivity index (χ1v) is 6.62. The Kier molecular flexibility index (Phi) is 4.69. The van der Waals surface area contributed by atoms with Gasteiger partial charge in [0.15, 0.2) is 0 Å². The predicted molar refractivity (Wildman–Crippen MR) is 72.3 cm³/mol. The van der Waals surface area contributed by atoms with Crippen molar-refractivity contribution in [3.8, 4) is 0 Å². The monoisotopic (exact) mass is 249 g/mol. The van der Waals surface area contributed by atoms with Crippen LogP contribution in [0, 0.1) is 5.92 Å². The number of likely N-dealkylation sites (tertiary alicyclic amines) is 1. The van der Waals surface area contributed by atoms with Crippen molar-refractivity contribution in [2.75, 3.05) is 40.3 Å². The molecule has 0 radical (unpaired) electrons. The van der Waals surface area contributed by atoms with Crippen molar-refractivity contribution in [2.45, 2.75) is 12.5 Å². The normalized spacial score (nSPS) is 24.9. The molecule has 1 aliphatic heterocycles. The van der Waals surface area contributed by atoms with Crippen molar-refractivity contribution in [2.24, 2.45) is 5.92 Å². The maximum Gasteiger partial charge on any atom is 0.0558 e. The molecule has 0 unspecified atom stereocenters. The molecule has 0 saturated carbocycles. The third-order valence-corrected chi connectivity index (χ3v) is 3.83. The molecule has 0 aromatic carbocycles. The van der Waals surface area contributed by atoms with Gasteiger partial charge in [0.25, 0.3) is 0 Å². The van der Waals surface area contributed by atoms with Gasteiger partial charge in [0.05, 0.1) is 6.61 Å². The lowest BCUT2D eigenvalue weighted by Gasteiger charge is -2.28. The lowest BCUT2D eigenvalue weighted by atomic mass is 9.94. The van der Waals surface area contributed by atoms with Crippen LogP contribution in [0.2, 0.25) is 0 Å². The number of aromatic nitrogens is 1. The highest BCUT2D eigenvalue weighted by Gasteiger charge is 2.33. The molecule has 2 atom stereocenters. The lowest BCUT2D eigenvalue weighted by Crippen LogP contribution is -2.31. The zero-order valence-electron chi connectivity index (χ0n) is 11.3. The molecule has 18 heavy (non-hydrogen) atoms. The Morgan fingerprint density at radius 3 is 3.06 bits per heavy atom. The van der Waals surface area contributed by atoms with Crippen LogP contribution in [0.15, 0.2) is 24.5 Å². The number of hydrogen-bond donors (Lipinski definition) is 1. The van der Waals surface area contributed by atoms with Crippen molar-refractivity contribution in [3.63, 3.8) is 0 Å². The molecule has 0 bridgehead atoms. The van der Waals surface area contributed by atoms with E-state index >= 15 is 0 Å².